The summed E-state index contributed by atoms with van der Waals surface area (Å²) in [5.74, 6) is 0.569. The van der Waals surface area contributed by atoms with Crippen molar-refractivity contribution in [1.82, 2.24) is 4.90 Å². The number of piperidine rings is 1. The predicted molar refractivity (Wildman–Crippen MR) is 87.6 cm³/mol. The number of amides is 1. The van der Waals surface area contributed by atoms with Crippen molar-refractivity contribution in [3.05, 3.63) is 35.9 Å². The summed E-state index contributed by atoms with van der Waals surface area (Å²) in [6.07, 6.45) is 1.85. The van der Waals surface area contributed by atoms with Gasteiger partial charge >= 0.3 is 6.09 Å². The summed E-state index contributed by atoms with van der Waals surface area (Å²) in [7, 11) is 0. The number of carbonyl (C=O) groups is 1. The molecule has 0 atom stereocenters. The summed E-state index contributed by atoms with van der Waals surface area (Å²) in [5, 5.41) is 0. The van der Waals surface area contributed by atoms with Gasteiger partial charge in [-0.25, -0.2) is 4.79 Å². The normalized spacial score (nSPS) is 16.0. The van der Waals surface area contributed by atoms with E-state index < -0.39 is 5.60 Å². The van der Waals surface area contributed by atoms with Crippen molar-refractivity contribution < 1.29 is 9.53 Å². The molecule has 0 saturated carbocycles. The molecule has 0 N–H and O–H groups in total. The third-order valence-electron chi connectivity index (χ3n) is 3.42. The van der Waals surface area contributed by atoms with Gasteiger partial charge in [-0.1, -0.05) is 44.2 Å². The van der Waals surface area contributed by atoms with Gasteiger partial charge in [0.1, 0.15) is 5.60 Å². The minimum Gasteiger partial charge on any atom is -0.444 e. The van der Waals surface area contributed by atoms with E-state index in [2.05, 4.69) is 24.3 Å². The molecule has 1 aliphatic heterocycles. The fraction of sp³-hybridized carbons (Fsp3) is 0.611. The Balaban J connectivity index is 0.00000106. The smallest absolute Gasteiger partial charge is 0.410 e. The lowest BCUT2D eigenvalue weighted by Crippen LogP contribution is -2.41. The molecule has 0 aromatic heterocycles. The molecular weight excluding hydrogens is 262 g/mol. The van der Waals surface area contributed by atoms with Gasteiger partial charge < -0.3 is 9.64 Å². The van der Waals surface area contributed by atoms with Gasteiger partial charge in [-0.05, 0) is 45.1 Å². The Bertz CT molecular complexity index is 415. The summed E-state index contributed by atoms with van der Waals surface area (Å²) in [6.45, 7) is 11.3. The van der Waals surface area contributed by atoms with Gasteiger partial charge in [-0.3, -0.25) is 0 Å². The van der Waals surface area contributed by atoms with Gasteiger partial charge in [0.25, 0.3) is 0 Å². The van der Waals surface area contributed by atoms with Crippen LogP contribution in [-0.4, -0.2) is 29.7 Å². The maximum Gasteiger partial charge on any atom is 0.410 e. The highest BCUT2D eigenvalue weighted by Gasteiger charge is 2.27. The SMILES string of the molecule is CC.CC(C)(C)OC(=O)N1CCC(c2ccccc2)CC1. The molecule has 1 fully saturated rings. The van der Waals surface area contributed by atoms with Crippen molar-refractivity contribution in [1.29, 1.82) is 0 Å². The van der Waals surface area contributed by atoms with Crippen LogP contribution in [-0.2, 0) is 4.74 Å². The van der Waals surface area contributed by atoms with E-state index >= 15 is 0 Å². The molecule has 1 aliphatic rings. The highest BCUT2D eigenvalue weighted by molar-refractivity contribution is 5.68. The Kier molecular flexibility index (Phi) is 6.73. The minimum absolute atomic E-state index is 0.181. The summed E-state index contributed by atoms with van der Waals surface area (Å²) in [6, 6.07) is 10.5. The molecule has 3 nitrogen and oxygen atoms in total. The lowest BCUT2D eigenvalue weighted by molar-refractivity contribution is 0.0205. The lowest BCUT2D eigenvalue weighted by Gasteiger charge is -2.33. The Labute approximate surface area is 129 Å². The van der Waals surface area contributed by atoms with E-state index in [-0.39, 0.29) is 6.09 Å². The number of rotatable bonds is 1. The van der Waals surface area contributed by atoms with Gasteiger partial charge in [-0.15, -0.1) is 0 Å². The second kappa shape index (κ2) is 8.06. The van der Waals surface area contributed by atoms with Crippen LogP contribution in [0.4, 0.5) is 4.79 Å². The molecule has 2 rings (SSSR count). The molecule has 3 heteroatoms. The minimum atomic E-state index is -0.409. The van der Waals surface area contributed by atoms with E-state index in [1.54, 1.807) is 0 Å². The highest BCUT2D eigenvalue weighted by Crippen LogP contribution is 2.28. The molecule has 0 radical (unpaired) electrons. The van der Waals surface area contributed by atoms with Gasteiger partial charge in [0, 0.05) is 13.1 Å². The predicted octanol–water partition coefficient (Wildman–Crippen LogP) is 4.83. The molecule has 1 amide bonds. The molecule has 1 heterocycles. The molecule has 1 aromatic rings. The number of hydrogen-bond acceptors (Lipinski definition) is 2. The number of hydrogen-bond donors (Lipinski definition) is 0. The molecule has 21 heavy (non-hydrogen) atoms. The second-order valence-corrected chi connectivity index (χ2v) is 6.15. The summed E-state index contributed by atoms with van der Waals surface area (Å²) < 4.78 is 5.41. The van der Waals surface area contributed by atoms with Crippen molar-refractivity contribution in [3.63, 3.8) is 0 Å². The molecule has 1 saturated heterocycles. The summed E-state index contributed by atoms with van der Waals surface area (Å²) in [5.41, 5.74) is 0.972. The van der Waals surface area contributed by atoms with Gasteiger partial charge in [0.15, 0.2) is 0 Å². The van der Waals surface area contributed by atoms with Crippen LogP contribution in [0.1, 0.15) is 58.9 Å². The zero-order valence-electron chi connectivity index (χ0n) is 14.1. The number of carbonyl (C=O) groups excluding carboxylic acids is 1. The first-order valence-electron chi connectivity index (χ1n) is 7.98. The summed E-state index contributed by atoms with van der Waals surface area (Å²) in [4.78, 5) is 13.8. The van der Waals surface area contributed by atoms with Crippen molar-refractivity contribution in [3.8, 4) is 0 Å². The first-order valence-corrected chi connectivity index (χ1v) is 7.98. The van der Waals surface area contributed by atoms with Crippen LogP contribution in [0.25, 0.3) is 0 Å². The van der Waals surface area contributed by atoms with Crippen LogP contribution >= 0.6 is 0 Å². The van der Waals surface area contributed by atoms with Gasteiger partial charge in [-0.2, -0.15) is 0 Å². The largest absolute Gasteiger partial charge is 0.444 e. The third-order valence-corrected chi connectivity index (χ3v) is 3.42. The maximum absolute atomic E-state index is 12.0. The Hall–Kier alpha value is -1.51. The zero-order valence-corrected chi connectivity index (χ0v) is 14.1. The average Bonchev–Trinajstić information content (AvgIpc) is 2.49. The molecule has 0 bridgehead atoms. The highest BCUT2D eigenvalue weighted by atomic mass is 16.6. The first kappa shape index (κ1) is 17.5. The number of likely N-dealkylation sites (tertiary alicyclic amines) is 1. The van der Waals surface area contributed by atoms with Crippen LogP contribution < -0.4 is 0 Å². The van der Waals surface area contributed by atoms with E-state index in [1.807, 2.05) is 45.6 Å². The molecule has 0 unspecified atom stereocenters. The average molecular weight is 291 g/mol. The van der Waals surface area contributed by atoms with Gasteiger partial charge in [0.2, 0.25) is 0 Å². The van der Waals surface area contributed by atoms with Crippen molar-refractivity contribution >= 4 is 6.09 Å². The number of ether oxygens (including phenoxy) is 1. The topological polar surface area (TPSA) is 29.5 Å². The van der Waals surface area contributed by atoms with E-state index in [0.717, 1.165) is 25.9 Å². The van der Waals surface area contributed by atoms with Crippen LogP contribution in [0, 0.1) is 0 Å². The van der Waals surface area contributed by atoms with Crippen molar-refractivity contribution in [2.24, 2.45) is 0 Å². The van der Waals surface area contributed by atoms with E-state index in [0.29, 0.717) is 5.92 Å². The molecule has 118 valence electrons. The number of nitrogens with zero attached hydrogens (tertiary/aromatic N) is 1. The standard InChI is InChI=1S/C16H23NO2.C2H6/c1-16(2,3)19-15(18)17-11-9-14(10-12-17)13-7-5-4-6-8-13;1-2/h4-8,14H,9-12H2,1-3H3;1-2H3. The van der Waals surface area contributed by atoms with Crippen molar-refractivity contribution in [2.45, 2.75) is 59.0 Å². The molecular formula is C18H29NO2. The Morgan fingerprint density at radius 2 is 1.62 bits per heavy atom. The van der Waals surface area contributed by atoms with E-state index in [9.17, 15) is 4.79 Å². The monoisotopic (exact) mass is 291 g/mol. The van der Waals surface area contributed by atoms with E-state index in [4.69, 9.17) is 4.74 Å². The van der Waals surface area contributed by atoms with Crippen LogP contribution in [0.2, 0.25) is 0 Å². The second-order valence-electron chi connectivity index (χ2n) is 6.15. The quantitative estimate of drug-likeness (QED) is 0.742. The number of benzene rings is 1. The van der Waals surface area contributed by atoms with Crippen LogP contribution in [0.15, 0.2) is 30.3 Å². The fourth-order valence-electron chi connectivity index (χ4n) is 2.45. The lowest BCUT2D eigenvalue weighted by atomic mass is 9.90. The van der Waals surface area contributed by atoms with Crippen molar-refractivity contribution in [2.75, 3.05) is 13.1 Å². The third kappa shape index (κ3) is 5.78. The van der Waals surface area contributed by atoms with Gasteiger partial charge in [0.05, 0.1) is 0 Å². The molecule has 0 spiro atoms. The Morgan fingerprint density at radius 1 is 1.10 bits per heavy atom. The summed E-state index contributed by atoms with van der Waals surface area (Å²) >= 11 is 0. The zero-order chi connectivity index (χ0) is 15.9. The van der Waals surface area contributed by atoms with E-state index in [1.165, 1.54) is 5.56 Å². The first-order chi connectivity index (χ1) is 9.96. The maximum atomic E-state index is 12.0. The molecule has 1 aromatic carbocycles. The fourth-order valence-corrected chi connectivity index (χ4v) is 2.45. The Morgan fingerprint density at radius 3 is 2.10 bits per heavy atom. The van der Waals surface area contributed by atoms with Crippen LogP contribution in [0.3, 0.4) is 0 Å². The molecule has 0 aliphatic carbocycles. The van der Waals surface area contributed by atoms with Crippen LogP contribution in [0.5, 0.6) is 0 Å².